The molecule has 0 atom stereocenters. The van der Waals surface area contributed by atoms with E-state index in [9.17, 15) is 4.79 Å². The third-order valence-corrected chi connectivity index (χ3v) is 4.30. The van der Waals surface area contributed by atoms with Gasteiger partial charge in [0.05, 0.1) is 21.3 Å². The number of hydrogen-bond acceptors (Lipinski definition) is 5. The molecule has 1 N–H and O–H groups in total. The summed E-state index contributed by atoms with van der Waals surface area (Å²) in [6.45, 7) is 0.411. The molecule has 0 saturated heterocycles. The van der Waals surface area contributed by atoms with Crippen LogP contribution in [0.4, 0.5) is 5.69 Å². The fraction of sp³-hybridized carbons (Fsp3) is 0.174. The van der Waals surface area contributed by atoms with Gasteiger partial charge in [-0.15, -0.1) is 0 Å². The third-order valence-electron chi connectivity index (χ3n) is 4.30. The van der Waals surface area contributed by atoms with Crippen LogP contribution in [0.1, 0.15) is 15.9 Å². The van der Waals surface area contributed by atoms with Crippen LogP contribution in [0.5, 0.6) is 23.0 Å². The predicted octanol–water partition coefficient (Wildman–Crippen LogP) is 4.54. The molecule has 3 aromatic rings. The fourth-order valence-electron chi connectivity index (χ4n) is 2.78. The Hall–Kier alpha value is -3.67. The third kappa shape index (κ3) is 4.99. The van der Waals surface area contributed by atoms with Crippen molar-refractivity contribution in [3.05, 3.63) is 77.9 Å². The van der Waals surface area contributed by atoms with E-state index in [-0.39, 0.29) is 5.91 Å². The highest BCUT2D eigenvalue weighted by Crippen LogP contribution is 2.31. The second-order valence-corrected chi connectivity index (χ2v) is 6.16. The van der Waals surface area contributed by atoms with Crippen LogP contribution in [-0.4, -0.2) is 27.2 Å². The average molecular weight is 393 g/mol. The second kappa shape index (κ2) is 9.50. The zero-order chi connectivity index (χ0) is 20.6. The minimum absolute atomic E-state index is 0.273. The first-order chi connectivity index (χ1) is 14.1. The summed E-state index contributed by atoms with van der Waals surface area (Å²) in [7, 11) is 4.65. The van der Waals surface area contributed by atoms with Crippen molar-refractivity contribution in [2.75, 3.05) is 26.6 Å². The van der Waals surface area contributed by atoms with Gasteiger partial charge in [0.25, 0.3) is 5.91 Å². The molecular formula is C23H23NO5. The summed E-state index contributed by atoms with van der Waals surface area (Å²) in [5, 5.41) is 2.84. The van der Waals surface area contributed by atoms with Crippen molar-refractivity contribution < 1.29 is 23.7 Å². The monoisotopic (exact) mass is 393 g/mol. The molecule has 1 amide bonds. The smallest absolute Gasteiger partial charge is 0.255 e. The summed E-state index contributed by atoms with van der Waals surface area (Å²) in [5.74, 6) is 1.91. The molecule has 0 unspecified atom stereocenters. The first-order valence-corrected chi connectivity index (χ1v) is 9.02. The van der Waals surface area contributed by atoms with E-state index in [2.05, 4.69) is 5.32 Å². The maximum Gasteiger partial charge on any atom is 0.255 e. The molecule has 0 aliphatic heterocycles. The van der Waals surface area contributed by atoms with Gasteiger partial charge < -0.3 is 24.3 Å². The molecular weight excluding hydrogens is 370 g/mol. The Labute approximate surface area is 170 Å². The van der Waals surface area contributed by atoms with Crippen molar-refractivity contribution in [2.45, 2.75) is 6.61 Å². The molecule has 29 heavy (non-hydrogen) atoms. The van der Waals surface area contributed by atoms with Gasteiger partial charge in [0, 0.05) is 17.3 Å². The van der Waals surface area contributed by atoms with Crippen LogP contribution < -0.4 is 24.3 Å². The maximum atomic E-state index is 12.6. The molecule has 0 fully saturated rings. The number of carbonyl (C=O) groups excluding carboxylic acids is 1. The van der Waals surface area contributed by atoms with Gasteiger partial charge in [-0.25, -0.2) is 0 Å². The first kappa shape index (κ1) is 20.1. The van der Waals surface area contributed by atoms with Crippen LogP contribution in [-0.2, 0) is 6.61 Å². The SMILES string of the molecule is COc1ccc(NC(=O)c2ccc(OCc3ccccc3)c(OC)c2)cc1OC. The number of ether oxygens (including phenoxy) is 4. The molecule has 0 aliphatic rings. The number of carbonyl (C=O) groups is 1. The zero-order valence-electron chi connectivity index (χ0n) is 16.6. The van der Waals surface area contributed by atoms with Crippen LogP contribution in [0.15, 0.2) is 66.7 Å². The maximum absolute atomic E-state index is 12.6. The van der Waals surface area contributed by atoms with Gasteiger partial charge in [0.15, 0.2) is 23.0 Å². The van der Waals surface area contributed by atoms with E-state index in [0.29, 0.717) is 40.9 Å². The van der Waals surface area contributed by atoms with Crippen molar-refractivity contribution in [3.8, 4) is 23.0 Å². The Balaban J connectivity index is 1.72. The molecule has 0 aromatic heterocycles. The molecule has 0 bridgehead atoms. The number of rotatable bonds is 8. The van der Waals surface area contributed by atoms with Crippen molar-refractivity contribution >= 4 is 11.6 Å². The quantitative estimate of drug-likeness (QED) is 0.608. The van der Waals surface area contributed by atoms with Crippen LogP contribution >= 0.6 is 0 Å². The van der Waals surface area contributed by atoms with Crippen molar-refractivity contribution in [3.63, 3.8) is 0 Å². The van der Waals surface area contributed by atoms with Gasteiger partial charge >= 0.3 is 0 Å². The van der Waals surface area contributed by atoms with Crippen molar-refractivity contribution in [2.24, 2.45) is 0 Å². The summed E-state index contributed by atoms with van der Waals surface area (Å²) >= 11 is 0. The Bertz CT molecular complexity index is 972. The Kier molecular flexibility index (Phi) is 6.58. The number of hydrogen-bond donors (Lipinski definition) is 1. The topological polar surface area (TPSA) is 66.0 Å². The number of benzene rings is 3. The van der Waals surface area contributed by atoms with E-state index in [0.717, 1.165) is 5.56 Å². The number of anilines is 1. The minimum atomic E-state index is -0.273. The second-order valence-electron chi connectivity index (χ2n) is 6.16. The molecule has 6 nitrogen and oxygen atoms in total. The van der Waals surface area contributed by atoms with Gasteiger partial charge in [0.1, 0.15) is 6.61 Å². The summed E-state index contributed by atoms with van der Waals surface area (Å²) < 4.78 is 21.7. The van der Waals surface area contributed by atoms with E-state index in [1.165, 1.54) is 0 Å². The number of amides is 1. The summed E-state index contributed by atoms with van der Waals surface area (Å²) in [4.78, 5) is 12.6. The molecule has 150 valence electrons. The van der Waals surface area contributed by atoms with Gasteiger partial charge in [-0.2, -0.15) is 0 Å². The summed E-state index contributed by atoms with van der Waals surface area (Å²) in [6, 6.07) is 20.1. The van der Waals surface area contributed by atoms with E-state index in [1.807, 2.05) is 30.3 Å². The molecule has 0 radical (unpaired) electrons. The van der Waals surface area contributed by atoms with Crippen LogP contribution in [0.3, 0.4) is 0 Å². The largest absolute Gasteiger partial charge is 0.493 e. The lowest BCUT2D eigenvalue weighted by Gasteiger charge is -2.13. The molecule has 3 aromatic carbocycles. The van der Waals surface area contributed by atoms with Crippen LogP contribution in [0.2, 0.25) is 0 Å². The molecule has 3 rings (SSSR count). The van der Waals surface area contributed by atoms with Crippen molar-refractivity contribution in [1.29, 1.82) is 0 Å². The number of methoxy groups -OCH3 is 3. The molecule has 0 spiro atoms. The van der Waals surface area contributed by atoms with Gasteiger partial charge in [-0.3, -0.25) is 4.79 Å². The van der Waals surface area contributed by atoms with E-state index < -0.39 is 0 Å². The van der Waals surface area contributed by atoms with Crippen LogP contribution in [0, 0.1) is 0 Å². The van der Waals surface area contributed by atoms with E-state index in [4.69, 9.17) is 18.9 Å². The predicted molar refractivity (Wildman–Crippen MR) is 111 cm³/mol. The lowest BCUT2D eigenvalue weighted by molar-refractivity contribution is 0.102. The Morgan fingerprint density at radius 1 is 0.759 bits per heavy atom. The van der Waals surface area contributed by atoms with Crippen LogP contribution in [0.25, 0.3) is 0 Å². The van der Waals surface area contributed by atoms with Gasteiger partial charge in [0.2, 0.25) is 0 Å². The lowest BCUT2D eigenvalue weighted by atomic mass is 10.1. The fourth-order valence-corrected chi connectivity index (χ4v) is 2.78. The summed E-state index contributed by atoms with van der Waals surface area (Å²) in [5.41, 5.74) is 2.09. The standard InChI is InChI=1S/C23H23NO5/c1-26-19-12-10-18(14-22(19)28-3)24-23(25)17-9-11-20(21(13-17)27-2)29-15-16-7-5-4-6-8-16/h4-14H,15H2,1-3H3,(H,24,25). The normalized spacial score (nSPS) is 10.2. The first-order valence-electron chi connectivity index (χ1n) is 9.02. The van der Waals surface area contributed by atoms with E-state index >= 15 is 0 Å². The van der Waals surface area contributed by atoms with Crippen molar-refractivity contribution in [1.82, 2.24) is 0 Å². The van der Waals surface area contributed by atoms with Gasteiger partial charge in [-0.05, 0) is 35.9 Å². The summed E-state index contributed by atoms with van der Waals surface area (Å²) in [6.07, 6.45) is 0. The Morgan fingerprint density at radius 2 is 1.41 bits per heavy atom. The highest BCUT2D eigenvalue weighted by Gasteiger charge is 2.13. The highest BCUT2D eigenvalue weighted by atomic mass is 16.5. The number of nitrogens with one attached hydrogen (secondary N) is 1. The van der Waals surface area contributed by atoms with Gasteiger partial charge in [-0.1, -0.05) is 30.3 Å². The average Bonchev–Trinajstić information content (AvgIpc) is 2.78. The lowest BCUT2D eigenvalue weighted by Crippen LogP contribution is -2.12. The Morgan fingerprint density at radius 3 is 2.10 bits per heavy atom. The highest BCUT2D eigenvalue weighted by molar-refractivity contribution is 6.04. The minimum Gasteiger partial charge on any atom is -0.493 e. The molecule has 0 heterocycles. The molecule has 0 saturated carbocycles. The molecule has 6 heteroatoms. The zero-order valence-corrected chi connectivity index (χ0v) is 16.6. The van der Waals surface area contributed by atoms with E-state index in [1.54, 1.807) is 57.7 Å². The molecule has 0 aliphatic carbocycles.